The van der Waals surface area contributed by atoms with Crippen LogP contribution in [-0.2, 0) is 0 Å². The number of fused-ring (bicyclic) bond motifs is 3. The number of benzene rings is 7. The average molecular weight is 561 g/mol. The standard InChI is InChI=1S/C36H16OS3/c1-2-10-25-20(7-1)21-9-4-8-19(35(21)39-25)17-5-3-6-18(15-17)22-16-24-30-29-23(37-24)11-12-26-31(29)32-27(38-26)13-14-28-33(32)34(30)36(22)40-28/h1-16H. The summed E-state index contributed by atoms with van der Waals surface area (Å²) in [4.78, 5) is 0. The highest BCUT2D eigenvalue weighted by molar-refractivity contribution is 7.29. The van der Waals surface area contributed by atoms with Crippen LogP contribution in [0.15, 0.2) is 101 Å². The molecule has 11 rings (SSSR count). The Hall–Kier alpha value is -4.22. The Bertz CT molecular complexity index is 2740. The Labute approximate surface area is 239 Å². The highest BCUT2D eigenvalue weighted by Gasteiger charge is 2.27. The zero-order valence-electron chi connectivity index (χ0n) is 20.9. The summed E-state index contributed by atoms with van der Waals surface area (Å²) in [6.07, 6.45) is 0. The first kappa shape index (κ1) is 20.7. The highest BCUT2D eigenvalue weighted by atomic mass is 32.1. The molecule has 0 radical (unpaired) electrons. The molecule has 0 bridgehead atoms. The van der Waals surface area contributed by atoms with Crippen LogP contribution in [0.3, 0.4) is 0 Å². The third kappa shape index (κ3) is 2.33. The van der Waals surface area contributed by atoms with Gasteiger partial charge in [-0.15, -0.1) is 34.0 Å². The molecule has 0 aliphatic rings. The van der Waals surface area contributed by atoms with E-state index >= 15 is 0 Å². The Morgan fingerprint density at radius 2 is 1.07 bits per heavy atom. The molecular weight excluding hydrogens is 545 g/mol. The van der Waals surface area contributed by atoms with Gasteiger partial charge in [0.15, 0.2) is 0 Å². The van der Waals surface area contributed by atoms with E-state index in [1.54, 1.807) is 0 Å². The first-order valence-electron chi connectivity index (χ1n) is 13.4. The minimum absolute atomic E-state index is 0.996. The van der Waals surface area contributed by atoms with Crippen molar-refractivity contribution in [3.05, 3.63) is 97.1 Å². The molecular formula is C36H16OS3. The number of thiophene rings is 3. The highest BCUT2D eigenvalue weighted by Crippen LogP contribution is 2.56. The largest absolute Gasteiger partial charge is 0.456 e. The van der Waals surface area contributed by atoms with Gasteiger partial charge in [0.2, 0.25) is 0 Å². The second-order valence-corrected chi connectivity index (χ2v) is 14.0. The predicted octanol–water partition coefficient (Wildman–Crippen LogP) is 12.3. The van der Waals surface area contributed by atoms with Crippen molar-refractivity contribution in [3.8, 4) is 22.3 Å². The molecule has 0 amide bonds. The summed E-state index contributed by atoms with van der Waals surface area (Å²) in [5.41, 5.74) is 7.05. The van der Waals surface area contributed by atoms with Gasteiger partial charge in [-0.25, -0.2) is 0 Å². The molecule has 7 aromatic carbocycles. The lowest BCUT2D eigenvalue weighted by atomic mass is 9.91. The molecule has 0 saturated heterocycles. The second kappa shape index (κ2) is 6.91. The number of furan rings is 1. The molecule has 1 nitrogen and oxygen atoms in total. The van der Waals surface area contributed by atoms with E-state index in [1.807, 2.05) is 34.0 Å². The maximum absolute atomic E-state index is 6.59. The van der Waals surface area contributed by atoms with Crippen molar-refractivity contribution >= 4 is 116 Å². The number of hydrogen-bond donors (Lipinski definition) is 0. The van der Waals surface area contributed by atoms with Crippen LogP contribution in [0, 0.1) is 0 Å². The first-order chi connectivity index (χ1) is 19.8. The molecule has 11 aromatic rings. The topological polar surface area (TPSA) is 13.1 Å². The SMILES string of the molecule is c1cc(-c2cccc3c2sc2ccccc23)cc(-c2cc3oc4ccc5sc6ccc7sc2c2c3c4c5c6c72)c1. The van der Waals surface area contributed by atoms with Crippen LogP contribution in [0.1, 0.15) is 0 Å². The molecule has 184 valence electrons. The van der Waals surface area contributed by atoms with Crippen LogP contribution in [0.4, 0.5) is 0 Å². The molecule has 0 atom stereocenters. The average Bonchev–Trinajstić information content (AvgIpc) is 3.75. The summed E-state index contributed by atoms with van der Waals surface area (Å²) in [6, 6.07) is 35.9. The van der Waals surface area contributed by atoms with Crippen LogP contribution in [0.2, 0.25) is 0 Å². The summed E-state index contributed by atoms with van der Waals surface area (Å²) in [5, 5.41) is 10.9. The minimum atomic E-state index is 0.996. The van der Waals surface area contributed by atoms with Crippen molar-refractivity contribution in [2.24, 2.45) is 0 Å². The van der Waals surface area contributed by atoms with E-state index in [9.17, 15) is 0 Å². The zero-order valence-corrected chi connectivity index (χ0v) is 23.3. The predicted molar refractivity (Wildman–Crippen MR) is 177 cm³/mol. The van der Waals surface area contributed by atoms with Gasteiger partial charge >= 0.3 is 0 Å². The number of rotatable bonds is 2. The third-order valence-electron chi connectivity index (χ3n) is 8.79. The quantitative estimate of drug-likeness (QED) is 0.192. The van der Waals surface area contributed by atoms with Gasteiger partial charge in [-0.2, -0.15) is 0 Å². The van der Waals surface area contributed by atoms with Gasteiger partial charge in [0.25, 0.3) is 0 Å². The summed E-state index contributed by atoms with van der Waals surface area (Å²) >= 11 is 5.72. The van der Waals surface area contributed by atoms with Gasteiger partial charge < -0.3 is 4.42 Å². The lowest BCUT2D eigenvalue weighted by molar-refractivity contribution is 0.669. The van der Waals surface area contributed by atoms with E-state index in [2.05, 4.69) is 97.1 Å². The van der Waals surface area contributed by atoms with Gasteiger partial charge in [0.1, 0.15) is 11.2 Å². The van der Waals surface area contributed by atoms with Gasteiger partial charge in [0, 0.05) is 76.9 Å². The van der Waals surface area contributed by atoms with Crippen LogP contribution < -0.4 is 0 Å². The van der Waals surface area contributed by atoms with Crippen molar-refractivity contribution in [3.63, 3.8) is 0 Å². The summed E-state index contributed by atoms with van der Waals surface area (Å²) in [6.45, 7) is 0. The van der Waals surface area contributed by atoms with Crippen molar-refractivity contribution in [1.82, 2.24) is 0 Å². The van der Waals surface area contributed by atoms with Crippen LogP contribution in [0.5, 0.6) is 0 Å². The maximum atomic E-state index is 6.59. The molecule has 0 fully saturated rings. The van der Waals surface area contributed by atoms with E-state index in [0.717, 1.165) is 11.2 Å². The van der Waals surface area contributed by atoms with E-state index < -0.39 is 0 Å². The molecule has 0 aliphatic heterocycles. The molecule has 0 aliphatic carbocycles. The summed E-state index contributed by atoms with van der Waals surface area (Å²) in [5.74, 6) is 0. The minimum Gasteiger partial charge on any atom is -0.456 e. The van der Waals surface area contributed by atoms with E-state index in [4.69, 9.17) is 4.42 Å². The number of hydrogen-bond acceptors (Lipinski definition) is 4. The van der Waals surface area contributed by atoms with Gasteiger partial charge in [0.05, 0.1) is 0 Å². The van der Waals surface area contributed by atoms with E-state index in [-0.39, 0.29) is 0 Å². The Morgan fingerprint density at radius 3 is 2.00 bits per heavy atom. The van der Waals surface area contributed by atoms with E-state index in [0.29, 0.717) is 0 Å². The molecule has 4 aromatic heterocycles. The molecule has 4 heteroatoms. The third-order valence-corrected chi connectivity index (χ3v) is 12.3. The van der Waals surface area contributed by atoms with Crippen LogP contribution in [-0.4, -0.2) is 0 Å². The Balaban J connectivity index is 1.24. The molecule has 4 heterocycles. The molecule has 40 heavy (non-hydrogen) atoms. The van der Waals surface area contributed by atoms with Crippen molar-refractivity contribution in [1.29, 1.82) is 0 Å². The fraction of sp³-hybridized carbons (Fsp3) is 0. The van der Waals surface area contributed by atoms with Crippen molar-refractivity contribution in [2.75, 3.05) is 0 Å². The molecule has 0 N–H and O–H groups in total. The smallest absolute Gasteiger partial charge is 0.136 e. The Kier molecular flexibility index (Phi) is 3.57. The van der Waals surface area contributed by atoms with Crippen LogP contribution in [0.25, 0.3) is 105 Å². The normalized spacial score (nSPS) is 13.0. The van der Waals surface area contributed by atoms with Crippen molar-refractivity contribution < 1.29 is 4.42 Å². The summed E-state index contributed by atoms with van der Waals surface area (Å²) in [7, 11) is 0. The van der Waals surface area contributed by atoms with Gasteiger partial charge in [-0.3, -0.25) is 0 Å². The maximum Gasteiger partial charge on any atom is 0.136 e. The first-order valence-corrected chi connectivity index (χ1v) is 15.9. The van der Waals surface area contributed by atoms with Crippen LogP contribution >= 0.6 is 34.0 Å². The fourth-order valence-electron chi connectivity index (χ4n) is 7.17. The second-order valence-electron chi connectivity index (χ2n) is 10.8. The molecule has 0 unspecified atom stereocenters. The van der Waals surface area contributed by atoms with Crippen molar-refractivity contribution in [2.45, 2.75) is 0 Å². The van der Waals surface area contributed by atoms with E-state index in [1.165, 1.54) is 93.5 Å². The van der Waals surface area contributed by atoms with Gasteiger partial charge in [-0.1, -0.05) is 54.6 Å². The summed E-state index contributed by atoms with van der Waals surface area (Å²) < 4.78 is 14.7. The lowest BCUT2D eigenvalue weighted by Gasteiger charge is -2.10. The Morgan fingerprint density at radius 1 is 0.400 bits per heavy atom. The fourth-order valence-corrected chi connectivity index (χ4v) is 10.8. The zero-order chi connectivity index (χ0) is 25.7. The monoisotopic (exact) mass is 560 g/mol. The molecule has 0 spiro atoms. The molecule has 0 saturated carbocycles. The van der Waals surface area contributed by atoms with Gasteiger partial charge in [-0.05, 0) is 59.2 Å². The lowest BCUT2D eigenvalue weighted by Crippen LogP contribution is -1.84.